The lowest BCUT2D eigenvalue weighted by Crippen LogP contribution is -2.31. The summed E-state index contributed by atoms with van der Waals surface area (Å²) in [6, 6.07) is 15.9. The first kappa shape index (κ1) is 17.8. The van der Waals surface area contributed by atoms with Crippen molar-refractivity contribution >= 4 is 11.8 Å². The van der Waals surface area contributed by atoms with Gasteiger partial charge in [0, 0.05) is 25.2 Å². The topological polar surface area (TPSA) is 49.4 Å². The fourth-order valence-electron chi connectivity index (χ4n) is 4.21. The van der Waals surface area contributed by atoms with E-state index in [4.69, 9.17) is 0 Å². The molecule has 0 spiro atoms. The third kappa shape index (κ3) is 3.90. The molecule has 4 heteroatoms. The maximum absolute atomic E-state index is 12.7. The fourth-order valence-corrected chi connectivity index (χ4v) is 4.21. The highest BCUT2D eigenvalue weighted by molar-refractivity contribution is 5.94. The van der Waals surface area contributed by atoms with Crippen LogP contribution in [0.15, 0.2) is 48.5 Å². The Balaban J connectivity index is 1.36. The van der Waals surface area contributed by atoms with E-state index in [1.807, 2.05) is 41.3 Å². The van der Waals surface area contributed by atoms with Crippen LogP contribution >= 0.6 is 0 Å². The van der Waals surface area contributed by atoms with Gasteiger partial charge in [-0.3, -0.25) is 9.59 Å². The van der Waals surface area contributed by atoms with Crippen molar-refractivity contribution in [2.75, 3.05) is 13.1 Å². The summed E-state index contributed by atoms with van der Waals surface area (Å²) in [7, 11) is 0. The van der Waals surface area contributed by atoms with Gasteiger partial charge in [-0.2, -0.15) is 0 Å². The zero-order valence-corrected chi connectivity index (χ0v) is 15.6. The molecule has 1 aliphatic carbocycles. The Labute approximate surface area is 160 Å². The third-order valence-corrected chi connectivity index (χ3v) is 5.75. The molecule has 1 unspecified atom stereocenters. The number of amides is 2. The van der Waals surface area contributed by atoms with E-state index in [0.717, 1.165) is 56.3 Å². The van der Waals surface area contributed by atoms with E-state index in [1.165, 1.54) is 11.1 Å². The van der Waals surface area contributed by atoms with E-state index in [0.29, 0.717) is 6.54 Å². The first-order chi connectivity index (χ1) is 13.2. The Bertz CT molecular complexity index is 823. The maximum atomic E-state index is 12.7. The summed E-state index contributed by atoms with van der Waals surface area (Å²) in [5.41, 5.74) is 4.22. The average molecular weight is 362 g/mol. The van der Waals surface area contributed by atoms with Crippen molar-refractivity contribution in [3.8, 4) is 0 Å². The number of rotatable bonds is 4. The molecule has 2 amide bonds. The van der Waals surface area contributed by atoms with Gasteiger partial charge in [-0.1, -0.05) is 36.4 Å². The molecule has 1 N–H and O–H groups in total. The predicted molar refractivity (Wildman–Crippen MR) is 106 cm³/mol. The van der Waals surface area contributed by atoms with Crippen LogP contribution < -0.4 is 5.32 Å². The van der Waals surface area contributed by atoms with Gasteiger partial charge in [-0.05, 0) is 60.9 Å². The van der Waals surface area contributed by atoms with Crippen molar-refractivity contribution < 1.29 is 9.59 Å². The molecule has 4 nitrogen and oxygen atoms in total. The van der Waals surface area contributed by atoms with Crippen LogP contribution in [0, 0.1) is 0 Å². The maximum Gasteiger partial charge on any atom is 0.253 e. The fraction of sp³-hybridized carbons (Fsp3) is 0.391. The number of benzene rings is 2. The van der Waals surface area contributed by atoms with E-state index in [2.05, 4.69) is 17.4 Å². The Morgan fingerprint density at radius 3 is 2.48 bits per heavy atom. The molecule has 0 saturated carbocycles. The molecule has 2 aromatic carbocycles. The summed E-state index contributed by atoms with van der Waals surface area (Å²) in [5.74, 6) is 0.159. The van der Waals surface area contributed by atoms with Crippen molar-refractivity contribution in [3.63, 3.8) is 0 Å². The van der Waals surface area contributed by atoms with Gasteiger partial charge in [-0.15, -0.1) is 0 Å². The number of carbonyl (C=O) groups excluding carboxylic acids is 2. The van der Waals surface area contributed by atoms with Gasteiger partial charge < -0.3 is 10.2 Å². The number of fused-ring (bicyclic) bond motifs is 1. The molecular weight excluding hydrogens is 336 g/mol. The Hall–Kier alpha value is -2.62. The van der Waals surface area contributed by atoms with Crippen molar-refractivity contribution in [2.24, 2.45) is 0 Å². The van der Waals surface area contributed by atoms with Gasteiger partial charge in [0.05, 0.1) is 5.92 Å². The Kier molecular flexibility index (Phi) is 5.23. The molecule has 2 aliphatic rings. The minimum absolute atomic E-state index is 0.0500. The lowest BCUT2D eigenvalue weighted by atomic mass is 9.82. The van der Waals surface area contributed by atoms with Crippen molar-refractivity contribution in [1.29, 1.82) is 0 Å². The van der Waals surface area contributed by atoms with Crippen molar-refractivity contribution in [1.82, 2.24) is 10.2 Å². The van der Waals surface area contributed by atoms with Crippen LogP contribution in [0.25, 0.3) is 0 Å². The summed E-state index contributed by atoms with van der Waals surface area (Å²) < 4.78 is 0. The van der Waals surface area contributed by atoms with Crippen LogP contribution in [0.5, 0.6) is 0 Å². The molecule has 27 heavy (non-hydrogen) atoms. The van der Waals surface area contributed by atoms with Crippen molar-refractivity contribution in [2.45, 2.75) is 44.6 Å². The Morgan fingerprint density at radius 2 is 1.70 bits per heavy atom. The number of aryl methyl sites for hydroxylation is 1. The highest BCUT2D eigenvalue weighted by Gasteiger charge is 2.26. The van der Waals surface area contributed by atoms with Gasteiger partial charge in [0.2, 0.25) is 5.91 Å². The highest BCUT2D eigenvalue weighted by atomic mass is 16.2. The molecule has 2 aromatic rings. The summed E-state index contributed by atoms with van der Waals surface area (Å²) >= 11 is 0. The monoisotopic (exact) mass is 362 g/mol. The number of carbonyl (C=O) groups is 2. The second kappa shape index (κ2) is 7.95. The van der Waals surface area contributed by atoms with Crippen LogP contribution in [0.3, 0.4) is 0 Å². The molecule has 1 atom stereocenters. The zero-order valence-electron chi connectivity index (χ0n) is 15.6. The normalized spacial score (nSPS) is 18.8. The quantitative estimate of drug-likeness (QED) is 0.902. The molecule has 0 bridgehead atoms. The third-order valence-electron chi connectivity index (χ3n) is 5.75. The van der Waals surface area contributed by atoms with Gasteiger partial charge in [0.15, 0.2) is 0 Å². The van der Waals surface area contributed by atoms with Crippen LogP contribution in [-0.2, 0) is 17.8 Å². The molecule has 4 rings (SSSR count). The molecule has 1 fully saturated rings. The molecule has 140 valence electrons. The minimum atomic E-state index is -0.0500. The van der Waals surface area contributed by atoms with E-state index in [-0.39, 0.29) is 17.7 Å². The number of hydrogen-bond donors (Lipinski definition) is 1. The summed E-state index contributed by atoms with van der Waals surface area (Å²) in [6.45, 7) is 2.22. The molecule has 1 heterocycles. The van der Waals surface area contributed by atoms with Gasteiger partial charge in [0.1, 0.15) is 0 Å². The van der Waals surface area contributed by atoms with E-state index in [9.17, 15) is 9.59 Å². The molecule has 1 saturated heterocycles. The molecule has 1 aliphatic heterocycles. The largest absolute Gasteiger partial charge is 0.351 e. The van der Waals surface area contributed by atoms with Gasteiger partial charge >= 0.3 is 0 Å². The summed E-state index contributed by atoms with van der Waals surface area (Å²) in [4.78, 5) is 27.0. The smallest absolute Gasteiger partial charge is 0.253 e. The average Bonchev–Trinajstić information content (AvgIpc) is 3.26. The van der Waals surface area contributed by atoms with E-state index in [1.54, 1.807) is 0 Å². The SMILES string of the molecule is O=C(NCc1ccc(C(=O)N2CCCC2)cc1)C1CCCc2ccccc21. The first-order valence-corrected chi connectivity index (χ1v) is 9.96. The Morgan fingerprint density at radius 1 is 0.963 bits per heavy atom. The number of nitrogens with zero attached hydrogens (tertiary/aromatic N) is 1. The predicted octanol–water partition coefficient (Wildman–Crippen LogP) is 3.66. The molecule has 0 aromatic heterocycles. The molecular formula is C23H26N2O2. The minimum Gasteiger partial charge on any atom is -0.351 e. The lowest BCUT2D eigenvalue weighted by Gasteiger charge is -2.24. The molecule has 0 radical (unpaired) electrons. The van der Waals surface area contributed by atoms with E-state index >= 15 is 0 Å². The van der Waals surface area contributed by atoms with Crippen LogP contribution in [0.2, 0.25) is 0 Å². The van der Waals surface area contributed by atoms with E-state index < -0.39 is 0 Å². The van der Waals surface area contributed by atoms with Gasteiger partial charge in [-0.25, -0.2) is 0 Å². The number of nitrogens with one attached hydrogen (secondary N) is 1. The number of hydrogen-bond acceptors (Lipinski definition) is 2. The summed E-state index contributed by atoms with van der Waals surface area (Å²) in [6.07, 6.45) is 5.22. The van der Waals surface area contributed by atoms with Crippen LogP contribution in [0.4, 0.5) is 0 Å². The van der Waals surface area contributed by atoms with Crippen LogP contribution in [0.1, 0.15) is 58.6 Å². The first-order valence-electron chi connectivity index (χ1n) is 9.96. The zero-order chi connectivity index (χ0) is 18.6. The highest BCUT2D eigenvalue weighted by Crippen LogP contribution is 2.31. The lowest BCUT2D eigenvalue weighted by molar-refractivity contribution is -0.123. The second-order valence-corrected chi connectivity index (χ2v) is 7.56. The number of likely N-dealkylation sites (tertiary alicyclic amines) is 1. The summed E-state index contributed by atoms with van der Waals surface area (Å²) in [5, 5.41) is 3.08. The van der Waals surface area contributed by atoms with Crippen LogP contribution in [-0.4, -0.2) is 29.8 Å². The second-order valence-electron chi connectivity index (χ2n) is 7.56. The van der Waals surface area contributed by atoms with Crippen molar-refractivity contribution in [3.05, 3.63) is 70.8 Å². The standard InChI is InChI=1S/C23H26N2O2/c26-22(21-9-5-7-18-6-1-2-8-20(18)21)24-16-17-10-12-19(13-11-17)23(27)25-14-3-4-15-25/h1-2,6,8,10-13,21H,3-5,7,9,14-16H2,(H,24,26). The van der Waals surface area contributed by atoms with Gasteiger partial charge in [0.25, 0.3) is 5.91 Å².